The lowest BCUT2D eigenvalue weighted by atomic mass is 10.1. The SMILES string of the molecule is COc1ccc(CC2NC(=O)N(c3cncc(F)c3)C2=O)cc1. The molecule has 1 aliphatic rings. The zero-order valence-electron chi connectivity index (χ0n) is 12.3. The molecule has 1 unspecified atom stereocenters. The number of hydrogen-bond acceptors (Lipinski definition) is 4. The quantitative estimate of drug-likeness (QED) is 0.875. The molecule has 3 rings (SSSR count). The Bertz CT molecular complexity index is 748. The van der Waals surface area contributed by atoms with Gasteiger partial charge in [0.2, 0.25) is 0 Å². The smallest absolute Gasteiger partial charge is 0.329 e. The molecule has 0 saturated carbocycles. The number of rotatable bonds is 4. The van der Waals surface area contributed by atoms with Gasteiger partial charge in [-0.3, -0.25) is 9.78 Å². The highest BCUT2D eigenvalue weighted by molar-refractivity contribution is 6.21. The number of carbonyl (C=O) groups is 2. The van der Waals surface area contributed by atoms with Crippen molar-refractivity contribution in [2.24, 2.45) is 0 Å². The molecular formula is C16H14FN3O3. The Balaban J connectivity index is 1.78. The van der Waals surface area contributed by atoms with Gasteiger partial charge in [-0.1, -0.05) is 12.1 Å². The fourth-order valence-electron chi connectivity index (χ4n) is 2.43. The molecule has 23 heavy (non-hydrogen) atoms. The Morgan fingerprint density at radius 2 is 2.00 bits per heavy atom. The van der Waals surface area contributed by atoms with Crippen LogP contribution in [-0.2, 0) is 11.2 Å². The molecule has 1 aromatic heterocycles. The lowest BCUT2D eigenvalue weighted by Crippen LogP contribution is -2.32. The van der Waals surface area contributed by atoms with Gasteiger partial charge in [0.05, 0.1) is 25.2 Å². The van der Waals surface area contributed by atoms with E-state index in [2.05, 4.69) is 10.3 Å². The summed E-state index contributed by atoms with van der Waals surface area (Å²) in [7, 11) is 1.57. The fourth-order valence-corrected chi connectivity index (χ4v) is 2.43. The second-order valence-corrected chi connectivity index (χ2v) is 5.09. The lowest BCUT2D eigenvalue weighted by Gasteiger charge is -2.12. The third-order valence-corrected chi connectivity index (χ3v) is 3.57. The highest BCUT2D eigenvalue weighted by atomic mass is 19.1. The highest BCUT2D eigenvalue weighted by Crippen LogP contribution is 2.21. The van der Waals surface area contributed by atoms with Crippen molar-refractivity contribution in [2.75, 3.05) is 12.0 Å². The number of amides is 3. The Hall–Kier alpha value is -2.96. The fraction of sp³-hybridized carbons (Fsp3) is 0.188. The molecule has 2 heterocycles. The van der Waals surface area contributed by atoms with Gasteiger partial charge in [-0.2, -0.15) is 0 Å². The number of benzene rings is 1. The first-order valence-corrected chi connectivity index (χ1v) is 6.96. The monoisotopic (exact) mass is 315 g/mol. The summed E-state index contributed by atoms with van der Waals surface area (Å²) in [6.45, 7) is 0. The van der Waals surface area contributed by atoms with Gasteiger partial charge in [-0.05, 0) is 17.7 Å². The van der Waals surface area contributed by atoms with E-state index in [1.807, 2.05) is 12.1 Å². The van der Waals surface area contributed by atoms with Gasteiger partial charge in [0.1, 0.15) is 17.6 Å². The molecule has 1 atom stereocenters. The van der Waals surface area contributed by atoms with Gasteiger partial charge < -0.3 is 10.1 Å². The summed E-state index contributed by atoms with van der Waals surface area (Å²) < 4.78 is 18.3. The van der Waals surface area contributed by atoms with Gasteiger partial charge in [0.15, 0.2) is 0 Å². The van der Waals surface area contributed by atoms with Gasteiger partial charge in [0, 0.05) is 12.5 Å². The van der Waals surface area contributed by atoms with Crippen LogP contribution in [0.15, 0.2) is 42.7 Å². The Kier molecular flexibility index (Phi) is 3.92. The minimum atomic E-state index is -0.695. The van der Waals surface area contributed by atoms with Crippen LogP contribution >= 0.6 is 0 Å². The number of imide groups is 1. The van der Waals surface area contributed by atoms with Crippen molar-refractivity contribution in [1.29, 1.82) is 0 Å². The summed E-state index contributed by atoms with van der Waals surface area (Å²) in [5.74, 6) is -0.331. The Morgan fingerprint density at radius 1 is 1.26 bits per heavy atom. The predicted octanol–water partition coefficient (Wildman–Crippen LogP) is 1.90. The Labute approximate surface area is 131 Å². The third-order valence-electron chi connectivity index (χ3n) is 3.57. The summed E-state index contributed by atoms with van der Waals surface area (Å²) in [5.41, 5.74) is 0.994. The molecule has 118 valence electrons. The van der Waals surface area contributed by atoms with E-state index >= 15 is 0 Å². The van der Waals surface area contributed by atoms with Gasteiger partial charge in [0.25, 0.3) is 5.91 Å². The van der Waals surface area contributed by atoms with Crippen LogP contribution in [0.25, 0.3) is 0 Å². The summed E-state index contributed by atoms with van der Waals surface area (Å²) in [4.78, 5) is 29.0. The van der Waals surface area contributed by atoms with Crippen LogP contribution in [0.2, 0.25) is 0 Å². The topological polar surface area (TPSA) is 71.5 Å². The first kappa shape index (κ1) is 15.0. The van der Waals surface area contributed by atoms with E-state index in [0.717, 1.165) is 22.7 Å². The maximum Gasteiger partial charge on any atom is 0.329 e. The predicted molar refractivity (Wildman–Crippen MR) is 80.7 cm³/mol. The van der Waals surface area contributed by atoms with Crippen molar-refractivity contribution in [3.05, 3.63) is 54.1 Å². The van der Waals surface area contributed by atoms with Crippen LogP contribution in [-0.4, -0.2) is 30.1 Å². The number of nitrogens with one attached hydrogen (secondary N) is 1. The van der Waals surface area contributed by atoms with Gasteiger partial charge >= 0.3 is 6.03 Å². The number of carbonyl (C=O) groups excluding carboxylic acids is 2. The number of nitrogens with zero attached hydrogens (tertiary/aromatic N) is 2. The number of anilines is 1. The Morgan fingerprint density at radius 3 is 2.65 bits per heavy atom. The molecule has 0 bridgehead atoms. The molecule has 1 aliphatic heterocycles. The normalized spacial score (nSPS) is 17.3. The molecule has 6 nitrogen and oxygen atoms in total. The number of aromatic nitrogens is 1. The molecule has 1 aromatic carbocycles. The van der Waals surface area contributed by atoms with Crippen molar-refractivity contribution in [3.8, 4) is 5.75 Å². The molecule has 1 fully saturated rings. The van der Waals surface area contributed by atoms with E-state index in [1.54, 1.807) is 19.2 Å². The number of halogens is 1. The van der Waals surface area contributed by atoms with Crippen molar-refractivity contribution in [3.63, 3.8) is 0 Å². The minimum Gasteiger partial charge on any atom is -0.497 e. The van der Waals surface area contributed by atoms with Crippen LogP contribution in [0.4, 0.5) is 14.9 Å². The lowest BCUT2D eigenvalue weighted by molar-refractivity contribution is -0.118. The first-order valence-electron chi connectivity index (χ1n) is 6.96. The second-order valence-electron chi connectivity index (χ2n) is 5.09. The number of ether oxygens (including phenoxy) is 1. The van der Waals surface area contributed by atoms with Crippen molar-refractivity contribution in [2.45, 2.75) is 12.5 Å². The zero-order chi connectivity index (χ0) is 16.4. The van der Waals surface area contributed by atoms with Crippen LogP contribution in [0.5, 0.6) is 5.75 Å². The molecule has 1 saturated heterocycles. The van der Waals surface area contributed by atoms with Crippen LogP contribution in [0.1, 0.15) is 5.56 Å². The zero-order valence-corrected chi connectivity index (χ0v) is 12.3. The first-order chi connectivity index (χ1) is 11.1. The maximum absolute atomic E-state index is 13.2. The summed E-state index contributed by atoms with van der Waals surface area (Å²) in [6.07, 6.45) is 2.63. The van der Waals surface area contributed by atoms with Gasteiger partial charge in [-0.15, -0.1) is 0 Å². The minimum absolute atomic E-state index is 0.115. The summed E-state index contributed by atoms with van der Waals surface area (Å²) >= 11 is 0. The summed E-state index contributed by atoms with van der Waals surface area (Å²) in [6, 6.07) is 7.03. The summed E-state index contributed by atoms with van der Waals surface area (Å²) in [5, 5.41) is 2.60. The molecule has 2 aromatic rings. The third kappa shape index (κ3) is 2.98. The number of hydrogen-bond donors (Lipinski definition) is 1. The van der Waals surface area contributed by atoms with E-state index in [-0.39, 0.29) is 5.69 Å². The van der Waals surface area contributed by atoms with Crippen LogP contribution < -0.4 is 15.0 Å². The molecule has 1 N–H and O–H groups in total. The number of pyridine rings is 1. The maximum atomic E-state index is 13.2. The average Bonchev–Trinajstić information content (AvgIpc) is 2.82. The van der Waals surface area contributed by atoms with Crippen LogP contribution in [0, 0.1) is 5.82 Å². The number of urea groups is 1. The van der Waals surface area contributed by atoms with E-state index < -0.39 is 23.8 Å². The largest absolute Gasteiger partial charge is 0.497 e. The van der Waals surface area contributed by atoms with Crippen LogP contribution in [0.3, 0.4) is 0 Å². The molecular weight excluding hydrogens is 301 g/mol. The van der Waals surface area contributed by atoms with Gasteiger partial charge in [-0.25, -0.2) is 14.1 Å². The molecule has 7 heteroatoms. The second kappa shape index (κ2) is 6.04. The van der Waals surface area contributed by atoms with E-state index in [4.69, 9.17) is 4.74 Å². The van der Waals surface area contributed by atoms with E-state index in [9.17, 15) is 14.0 Å². The number of methoxy groups -OCH3 is 1. The van der Waals surface area contributed by atoms with E-state index in [1.165, 1.54) is 6.20 Å². The van der Waals surface area contributed by atoms with Crippen molar-refractivity contribution >= 4 is 17.6 Å². The molecule has 3 amide bonds. The standard InChI is InChI=1S/C16H14FN3O3/c1-23-13-4-2-10(3-5-13)6-14-15(21)20(16(22)19-14)12-7-11(17)8-18-9-12/h2-5,7-9,14H,6H2,1H3,(H,19,22). The van der Waals surface area contributed by atoms with Crippen molar-refractivity contribution in [1.82, 2.24) is 10.3 Å². The molecule has 0 aliphatic carbocycles. The molecule has 0 spiro atoms. The van der Waals surface area contributed by atoms with E-state index in [0.29, 0.717) is 12.2 Å². The average molecular weight is 315 g/mol. The highest BCUT2D eigenvalue weighted by Gasteiger charge is 2.39. The van der Waals surface area contributed by atoms with Crippen molar-refractivity contribution < 1.29 is 18.7 Å². The molecule has 0 radical (unpaired) electrons.